The molecule has 1 aromatic heterocycles. The van der Waals surface area contributed by atoms with E-state index in [0.717, 1.165) is 29.9 Å². The number of nitrogens with one attached hydrogen (secondary N) is 1. The van der Waals surface area contributed by atoms with E-state index in [4.69, 9.17) is 5.11 Å². The molecule has 0 radical (unpaired) electrons. The van der Waals surface area contributed by atoms with Crippen LogP contribution in [0.15, 0.2) is 24.3 Å². The van der Waals surface area contributed by atoms with Gasteiger partial charge in [-0.1, -0.05) is 12.1 Å². The number of fused-ring (bicyclic) bond motifs is 1. The Balaban J connectivity index is 1.68. The van der Waals surface area contributed by atoms with Gasteiger partial charge in [-0.15, -0.1) is 0 Å². The average Bonchev–Trinajstić information content (AvgIpc) is 3.23. The number of aryl methyl sites for hydroxylation is 1. The number of hydrogen-bond donors (Lipinski definition) is 2. The van der Waals surface area contributed by atoms with E-state index in [9.17, 15) is 9.59 Å². The first-order valence-corrected chi connectivity index (χ1v) is 8.97. The predicted molar refractivity (Wildman–Crippen MR) is 97.6 cm³/mol. The number of carboxylic acid groups (broad SMARTS) is 1. The SMILES string of the molecule is Cc1nn(CC(=O)O)c2c1C(c1ccc(N3CCCC3)cc1)CC(=O)N2. The van der Waals surface area contributed by atoms with E-state index in [1.165, 1.54) is 23.2 Å². The summed E-state index contributed by atoms with van der Waals surface area (Å²) < 4.78 is 1.37. The van der Waals surface area contributed by atoms with Crippen molar-refractivity contribution in [1.82, 2.24) is 9.78 Å². The van der Waals surface area contributed by atoms with Crippen molar-refractivity contribution >= 4 is 23.4 Å². The Hall–Kier alpha value is -2.83. The number of aromatic nitrogens is 2. The van der Waals surface area contributed by atoms with Gasteiger partial charge in [-0.3, -0.25) is 9.59 Å². The first-order valence-electron chi connectivity index (χ1n) is 8.97. The average molecular weight is 354 g/mol. The number of nitrogens with zero attached hydrogens (tertiary/aromatic N) is 3. The van der Waals surface area contributed by atoms with Crippen molar-refractivity contribution in [3.05, 3.63) is 41.1 Å². The van der Waals surface area contributed by atoms with Gasteiger partial charge in [0, 0.05) is 36.7 Å². The lowest BCUT2D eigenvalue weighted by molar-refractivity contribution is -0.137. The predicted octanol–water partition coefficient (Wildman–Crippen LogP) is 2.35. The van der Waals surface area contributed by atoms with Crippen LogP contribution in [0.1, 0.15) is 42.0 Å². The minimum absolute atomic E-state index is 0.103. The second-order valence-electron chi connectivity index (χ2n) is 6.99. The Kier molecular flexibility index (Phi) is 4.14. The number of rotatable bonds is 4. The van der Waals surface area contributed by atoms with Gasteiger partial charge in [0.1, 0.15) is 12.4 Å². The normalized spacial score (nSPS) is 19.3. The first-order chi connectivity index (χ1) is 12.5. The fourth-order valence-electron chi connectivity index (χ4n) is 4.03. The maximum atomic E-state index is 12.2. The van der Waals surface area contributed by atoms with Crippen molar-refractivity contribution in [2.24, 2.45) is 0 Å². The number of aliphatic carboxylic acids is 1. The number of carboxylic acids is 1. The van der Waals surface area contributed by atoms with E-state index in [0.29, 0.717) is 12.2 Å². The van der Waals surface area contributed by atoms with Crippen LogP contribution in [-0.4, -0.2) is 39.9 Å². The van der Waals surface area contributed by atoms with Gasteiger partial charge in [0.2, 0.25) is 5.91 Å². The summed E-state index contributed by atoms with van der Waals surface area (Å²) in [5.74, 6) is -0.692. The van der Waals surface area contributed by atoms with Crippen molar-refractivity contribution in [3.8, 4) is 0 Å². The standard InChI is InChI=1S/C19H22N4O3/c1-12-18-15(10-16(24)20-19(18)23(21-12)11-17(25)26)13-4-6-14(7-5-13)22-8-2-3-9-22/h4-7,15H,2-3,8-11H2,1H3,(H,20,24)(H,25,26). The van der Waals surface area contributed by atoms with E-state index in [1.54, 1.807) is 0 Å². The topological polar surface area (TPSA) is 87.5 Å². The van der Waals surface area contributed by atoms with Crippen molar-refractivity contribution in [3.63, 3.8) is 0 Å². The van der Waals surface area contributed by atoms with Crippen LogP contribution in [-0.2, 0) is 16.1 Å². The third-order valence-corrected chi connectivity index (χ3v) is 5.22. The van der Waals surface area contributed by atoms with Crippen LogP contribution in [0, 0.1) is 6.92 Å². The van der Waals surface area contributed by atoms with Gasteiger partial charge in [0.15, 0.2) is 0 Å². The lowest BCUT2D eigenvalue weighted by atomic mass is 9.85. The lowest BCUT2D eigenvalue weighted by Gasteiger charge is -2.25. The highest BCUT2D eigenvalue weighted by molar-refractivity contribution is 5.95. The summed E-state index contributed by atoms with van der Waals surface area (Å²) in [4.78, 5) is 25.7. The molecule has 0 saturated carbocycles. The number of carbonyl (C=O) groups excluding carboxylic acids is 1. The molecule has 1 atom stereocenters. The molecule has 2 aromatic rings. The van der Waals surface area contributed by atoms with Crippen molar-refractivity contribution in [2.75, 3.05) is 23.3 Å². The van der Waals surface area contributed by atoms with Crippen LogP contribution in [0.4, 0.5) is 11.5 Å². The monoisotopic (exact) mass is 354 g/mol. The summed E-state index contributed by atoms with van der Waals surface area (Å²) in [5.41, 5.74) is 3.95. The summed E-state index contributed by atoms with van der Waals surface area (Å²) in [5, 5.41) is 16.2. The van der Waals surface area contributed by atoms with E-state index < -0.39 is 5.97 Å². The largest absolute Gasteiger partial charge is 0.480 e. The van der Waals surface area contributed by atoms with E-state index in [2.05, 4.69) is 39.6 Å². The Bertz CT molecular complexity index is 850. The third kappa shape index (κ3) is 2.94. The number of amides is 1. The third-order valence-electron chi connectivity index (χ3n) is 5.22. The molecule has 26 heavy (non-hydrogen) atoms. The second kappa shape index (κ2) is 6.48. The summed E-state index contributed by atoms with van der Waals surface area (Å²) >= 11 is 0. The van der Waals surface area contributed by atoms with E-state index in [-0.39, 0.29) is 18.4 Å². The van der Waals surface area contributed by atoms with Crippen LogP contribution in [0.2, 0.25) is 0 Å². The smallest absolute Gasteiger partial charge is 0.325 e. The summed E-state index contributed by atoms with van der Waals surface area (Å²) in [6, 6.07) is 8.39. The molecule has 2 aliphatic rings. The molecular weight excluding hydrogens is 332 g/mol. The molecule has 1 fully saturated rings. The Morgan fingerprint density at radius 3 is 2.62 bits per heavy atom. The minimum atomic E-state index is -0.985. The van der Waals surface area contributed by atoms with Gasteiger partial charge in [-0.05, 0) is 37.5 Å². The number of hydrogen-bond acceptors (Lipinski definition) is 4. The zero-order chi connectivity index (χ0) is 18.3. The maximum Gasteiger partial charge on any atom is 0.325 e. The molecular formula is C19H22N4O3. The molecule has 7 nitrogen and oxygen atoms in total. The molecule has 7 heteroatoms. The molecule has 4 rings (SSSR count). The Morgan fingerprint density at radius 1 is 1.27 bits per heavy atom. The highest BCUT2D eigenvalue weighted by Crippen LogP contribution is 2.39. The minimum Gasteiger partial charge on any atom is -0.480 e. The molecule has 0 aliphatic carbocycles. The molecule has 136 valence electrons. The number of carbonyl (C=O) groups is 2. The highest BCUT2D eigenvalue weighted by Gasteiger charge is 2.32. The van der Waals surface area contributed by atoms with Gasteiger partial charge in [0.25, 0.3) is 0 Å². The zero-order valence-corrected chi connectivity index (χ0v) is 14.7. The van der Waals surface area contributed by atoms with Crippen LogP contribution < -0.4 is 10.2 Å². The molecule has 2 aliphatic heterocycles. The van der Waals surface area contributed by atoms with Crippen LogP contribution >= 0.6 is 0 Å². The van der Waals surface area contributed by atoms with Crippen molar-refractivity contribution in [1.29, 1.82) is 0 Å². The van der Waals surface area contributed by atoms with E-state index in [1.807, 2.05) is 6.92 Å². The van der Waals surface area contributed by atoms with Crippen LogP contribution in [0.5, 0.6) is 0 Å². The van der Waals surface area contributed by atoms with Gasteiger partial charge < -0.3 is 15.3 Å². The first kappa shape index (κ1) is 16.6. The quantitative estimate of drug-likeness (QED) is 0.880. The number of anilines is 2. The van der Waals surface area contributed by atoms with E-state index >= 15 is 0 Å². The van der Waals surface area contributed by atoms with Crippen LogP contribution in [0.3, 0.4) is 0 Å². The summed E-state index contributed by atoms with van der Waals surface area (Å²) in [6.07, 6.45) is 2.81. The van der Waals surface area contributed by atoms with Crippen molar-refractivity contribution in [2.45, 2.75) is 38.6 Å². The molecule has 1 amide bonds. The Labute approximate surface area is 151 Å². The Morgan fingerprint density at radius 2 is 1.96 bits per heavy atom. The fraction of sp³-hybridized carbons (Fsp3) is 0.421. The molecule has 0 bridgehead atoms. The van der Waals surface area contributed by atoms with Gasteiger partial charge in [-0.2, -0.15) is 5.10 Å². The zero-order valence-electron chi connectivity index (χ0n) is 14.7. The molecule has 2 N–H and O–H groups in total. The molecule has 3 heterocycles. The molecule has 1 aromatic carbocycles. The summed E-state index contributed by atoms with van der Waals surface area (Å²) in [7, 11) is 0. The fourth-order valence-corrected chi connectivity index (χ4v) is 4.03. The van der Waals surface area contributed by atoms with Crippen molar-refractivity contribution < 1.29 is 14.7 Å². The second-order valence-corrected chi connectivity index (χ2v) is 6.99. The van der Waals surface area contributed by atoms with Crippen LogP contribution in [0.25, 0.3) is 0 Å². The molecule has 1 unspecified atom stereocenters. The van der Waals surface area contributed by atoms with Gasteiger partial charge >= 0.3 is 5.97 Å². The lowest BCUT2D eigenvalue weighted by Crippen LogP contribution is -2.26. The summed E-state index contributed by atoms with van der Waals surface area (Å²) in [6.45, 7) is 3.78. The molecule has 1 saturated heterocycles. The van der Waals surface area contributed by atoms with Gasteiger partial charge in [-0.25, -0.2) is 4.68 Å². The number of benzene rings is 1. The highest BCUT2D eigenvalue weighted by atomic mass is 16.4. The molecule has 0 spiro atoms. The maximum absolute atomic E-state index is 12.2. The van der Waals surface area contributed by atoms with Gasteiger partial charge in [0.05, 0.1) is 5.69 Å².